The van der Waals surface area contributed by atoms with Gasteiger partial charge in [-0.2, -0.15) is 5.26 Å². The normalized spacial score (nSPS) is 22.1. The van der Waals surface area contributed by atoms with E-state index in [0.717, 1.165) is 25.8 Å². The molecule has 5 heteroatoms. The Morgan fingerprint density at radius 1 is 1.60 bits per heavy atom. The second-order valence-corrected chi connectivity index (χ2v) is 5.10. The molecule has 1 fully saturated rings. The van der Waals surface area contributed by atoms with Gasteiger partial charge in [0, 0.05) is 5.69 Å². The molecular weight excluding hydrogens is 257 g/mol. The van der Waals surface area contributed by atoms with E-state index in [-0.39, 0.29) is 17.5 Å². The molecule has 4 nitrogen and oxygen atoms in total. The molecule has 0 radical (unpaired) electrons. The minimum absolute atomic E-state index is 0.0640. The zero-order valence-electron chi connectivity index (χ0n) is 11.4. The Morgan fingerprint density at radius 2 is 2.40 bits per heavy atom. The van der Waals surface area contributed by atoms with E-state index in [1.165, 1.54) is 18.2 Å². The maximum absolute atomic E-state index is 13.2. The average Bonchev–Trinajstić information content (AvgIpc) is 2.49. The second kappa shape index (κ2) is 6.49. The van der Waals surface area contributed by atoms with E-state index in [1.807, 2.05) is 0 Å². The number of carbonyl (C=O) groups is 1. The summed E-state index contributed by atoms with van der Waals surface area (Å²) in [5.41, 5.74) is 0.388. The number of hydrogen-bond donors (Lipinski definition) is 2. The van der Waals surface area contributed by atoms with Crippen LogP contribution in [0.2, 0.25) is 0 Å². The quantitative estimate of drug-likeness (QED) is 0.890. The van der Waals surface area contributed by atoms with Crippen molar-refractivity contribution in [2.75, 3.05) is 11.9 Å². The third-order valence-electron chi connectivity index (χ3n) is 3.76. The molecule has 2 N–H and O–H groups in total. The molecule has 2 atom stereocenters. The van der Waals surface area contributed by atoms with Crippen LogP contribution in [0.5, 0.6) is 0 Å². The van der Waals surface area contributed by atoms with Crippen molar-refractivity contribution in [1.29, 1.82) is 5.26 Å². The van der Waals surface area contributed by atoms with Gasteiger partial charge in [-0.05, 0) is 43.5 Å². The summed E-state index contributed by atoms with van der Waals surface area (Å²) in [7, 11) is 0. The first-order chi connectivity index (χ1) is 9.63. The van der Waals surface area contributed by atoms with E-state index in [0.29, 0.717) is 11.6 Å². The molecule has 1 aromatic carbocycles. The number of halogens is 1. The highest BCUT2D eigenvalue weighted by Gasteiger charge is 2.25. The molecule has 1 heterocycles. The number of hydrogen-bond acceptors (Lipinski definition) is 3. The van der Waals surface area contributed by atoms with Gasteiger partial charge in [0.2, 0.25) is 5.91 Å². The minimum Gasteiger partial charge on any atom is -0.325 e. The fraction of sp³-hybridized carbons (Fsp3) is 0.467. The molecule has 0 spiro atoms. The van der Waals surface area contributed by atoms with Crippen molar-refractivity contribution in [3.8, 4) is 6.07 Å². The van der Waals surface area contributed by atoms with E-state index >= 15 is 0 Å². The van der Waals surface area contributed by atoms with Crippen LogP contribution in [0.4, 0.5) is 10.1 Å². The average molecular weight is 275 g/mol. The van der Waals surface area contributed by atoms with Gasteiger partial charge in [0.1, 0.15) is 11.9 Å². The zero-order valence-corrected chi connectivity index (χ0v) is 11.4. The lowest BCUT2D eigenvalue weighted by molar-refractivity contribution is -0.119. The van der Waals surface area contributed by atoms with Crippen LogP contribution in [-0.4, -0.2) is 18.5 Å². The molecule has 1 amide bonds. The standard InChI is InChI=1S/C15H18FN3O/c1-2-10-5-6-18-14(7-10)15(20)19-12-3-4-13(16)11(8-12)9-17/h3-4,8,10,14,18H,2,5-7H2,1H3,(H,19,20). The molecule has 0 aromatic heterocycles. The maximum Gasteiger partial charge on any atom is 0.241 e. The van der Waals surface area contributed by atoms with Crippen LogP contribution in [0.3, 0.4) is 0 Å². The summed E-state index contributed by atoms with van der Waals surface area (Å²) in [6.07, 6.45) is 2.98. The summed E-state index contributed by atoms with van der Waals surface area (Å²) in [5.74, 6) is -0.138. The summed E-state index contributed by atoms with van der Waals surface area (Å²) in [6.45, 7) is 2.97. The monoisotopic (exact) mass is 275 g/mol. The van der Waals surface area contributed by atoms with Crippen molar-refractivity contribution in [2.24, 2.45) is 5.92 Å². The highest BCUT2D eigenvalue weighted by Crippen LogP contribution is 2.21. The molecule has 1 aliphatic rings. The second-order valence-electron chi connectivity index (χ2n) is 5.10. The molecule has 1 aliphatic heterocycles. The van der Waals surface area contributed by atoms with E-state index in [9.17, 15) is 9.18 Å². The summed E-state index contributed by atoms with van der Waals surface area (Å²) in [6, 6.07) is 5.56. The lowest BCUT2D eigenvalue weighted by atomic mass is 9.90. The van der Waals surface area contributed by atoms with Gasteiger partial charge in [-0.1, -0.05) is 13.3 Å². The Kier molecular flexibility index (Phi) is 4.70. The van der Waals surface area contributed by atoms with Gasteiger partial charge in [-0.3, -0.25) is 4.79 Å². The fourth-order valence-electron chi connectivity index (χ4n) is 2.48. The number of benzene rings is 1. The van der Waals surface area contributed by atoms with Crippen molar-refractivity contribution in [3.05, 3.63) is 29.6 Å². The molecule has 0 saturated carbocycles. The number of nitrogens with one attached hydrogen (secondary N) is 2. The van der Waals surface area contributed by atoms with Gasteiger partial charge in [0.25, 0.3) is 0 Å². The zero-order chi connectivity index (χ0) is 14.5. The molecule has 106 valence electrons. The first kappa shape index (κ1) is 14.5. The Labute approximate surface area is 118 Å². The Balaban J connectivity index is 2.02. The summed E-state index contributed by atoms with van der Waals surface area (Å²) in [4.78, 5) is 12.2. The largest absolute Gasteiger partial charge is 0.325 e. The van der Waals surface area contributed by atoms with E-state index in [2.05, 4.69) is 17.6 Å². The highest BCUT2D eigenvalue weighted by molar-refractivity contribution is 5.95. The number of nitrogens with zero attached hydrogens (tertiary/aromatic N) is 1. The summed E-state index contributed by atoms with van der Waals surface area (Å²) >= 11 is 0. The number of anilines is 1. The van der Waals surface area contributed by atoms with Gasteiger partial charge in [0.05, 0.1) is 11.6 Å². The number of rotatable bonds is 3. The van der Waals surface area contributed by atoms with Crippen molar-refractivity contribution in [2.45, 2.75) is 32.2 Å². The van der Waals surface area contributed by atoms with Crippen LogP contribution in [0.25, 0.3) is 0 Å². The molecule has 0 aliphatic carbocycles. The lowest BCUT2D eigenvalue weighted by Gasteiger charge is -2.28. The van der Waals surface area contributed by atoms with Crippen molar-refractivity contribution in [1.82, 2.24) is 5.32 Å². The number of amides is 1. The molecule has 0 bridgehead atoms. The first-order valence-electron chi connectivity index (χ1n) is 6.88. The van der Waals surface area contributed by atoms with Crippen LogP contribution >= 0.6 is 0 Å². The number of carbonyl (C=O) groups excluding carboxylic acids is 1. The van der Waals surface area contributed by atoms with Crippen LogP contribution in [0.15, 0.2) is 18.2 Å². The van der Waals surface area contributed by atoms with E-state index in [1.54, 1.807) is 6.07 Å². The number of piperidine rings is 1. The SMILES string of the molecule is CCC1CCNC(C(=O)Nc2ccc(F)c(C#N)c2)C1. The van der Waals surface area contributed by atoms with Crippen LogP contribution in [0, 0.1) is 23.1 Å². The van der Waals surface area contributed by atoms with E-state index < -0.39 is 5.82 Å². The summed E-state index contributed by atoms with van der Waals surface area (Å²) < 4.78 is 13.2. The Hall–Kier alpha value is -1.93. The molecule has 20 heavy (non-hydrogen) atoms. The molecule has 2 unspecified atom stereocenters. The molecule has 1 saturated heterocycles. The van der Waals surface area contributed by atoms with Gasteiger partial charge >= 0.3 is 0 Å². The Bertz CT molecular complexity index is 538. The lowest BCUT2D eigenvalue weighted by Crippen LogP contribution is -2.46. The van der Waals surface area contributed by atoms with Crippen LogP contribution in [-0.2, 0) is 4.79 Å². The molecule has 2 rings (SSSR count). The van der Waals surface area contributed by atoms with Crippen molar-refractivity contribution < 1.29 is 9.18 Å². The van der Waals surface area contributed by atoms with Crippen molar-refractivity contribution >= 4 is 11.6 Å². The third-order valence-corrected chi connectivity index (χ3v) is 3.76. The highest BCUT2D eigenvalue weighted by atomic mass is 19.1. The van der Waals surface area contributed by atoms with Crippen LogP contribution < -0.4 is 10.6 Å². The maximum atomic E-state index is 13.2. The van der Waals surface area contributed by atoms with Gasteiger partial charge < -0.3 is 10.6 Å². The van der Waals surface area contributed by atoms with E-state index in [4.69, 9.17) is 5.26 Å². The third kappa shape index (κ3) is 3.34. The first-order valence-corrected chi connectivity index (χ1v) is 6.88. The van der Waals surface area contributed by atoms with Gasteiger partial charge in [0.15, 0.2) is 0 Å². The van der Waals surface area contributed by atoms with Crippen molar-refractivity contribution in [3.63, 3.8) is 0 Å². The van der Waals surface area contributed by atoms with Gasteiger partial charge in [-0.25, -0.2) is 4.39 Å². The number of nitriles is 1. The smallest absolute Gasteiger partial charge is 0.241 e. The van der Waals surface area contributed by atoms with Crippen LogP contribution in [0.1, 0.15) is 31.7 Å². The Morgan fingerprint density at radius 3 is 3.10 bits per heavy atom. The fourth-order valence-corrected chi connectivity index (χ4v) is 2.48. The predicted octanol–water partition coefficient (Wildman–Crippen LogP) is 2.41. The topological polar surface area (TPSA) is 64.9 Å². The predicted molar refractivity (Wildman–Crippen MR) is 74.6 cm³/mol. The molecule has 1 aromatic rings. The van der Waals surface area contributed by atoms with Gasteiger partial charge in [-0.15, -0.1) is 0 Å². The minimum atomic E-state index is -0.577. The summed E-state index contributed by atoms with van der Waals surface area (Å²) in [5, 5.41) is 14.7. The molecular formula is C15H18FN3O.